The number of aliphatic carboxylic acids is 1. The van der Waals surface area contributed by atoms with Gasteiger partial charge in [-0.2, -0.15) is 0 Å². The fraction of sp³-hybridized carbons (Fsp3) is 0.667. The van der Waals surface area contributed by atoms with Crippen LogP contribution >= 0.6 is 0 Å². The zero-order valence-corrected chi connectivity index (χ0v) is 14.6. The third-order valence-electron chi connectivity index (χ3n) is 4.00. The molecule has 1 heterocycles. The minimum Gasteiger partial charge on any atom is -0.480 e. The van der Waals surface area contributed by atoms with Gasteiger partial charge in [-0.25, -0.2) is 4.79 Å². The van der Waals surface area contributed by atoms with Gasteiger partial charge in [-0.3, -0.25) is 19.2 Å². The summed E-state index contributed by atoms with van der Waals surface area (Å²) in [4.78, 5) is 59.3. The first-order valence-electron chi connectivity index (χ1n) is 8.27. The first-order valence-corrected chi connectivity index (χ1v) is 8.27. The summed E-state index contributed by atoms with van der Waals surface area (Å²) in [6, 6.07) is -2.84. The third-order valence-corrected chi connectivity index (χ3v) is 4.00. The van der Waals surface area contributed by atoms with Gasteiger partial charge in [0.05, 0.1) is 12.6 Å². The van der Waals surface area contributed by atoms with Crippen molar-refractivity contribution in [1.82, 2.24) is 15.5 Å². The van der Waals surface area contributed by atoms with Gasteiger partial charge in [0.2, 0.25) is 23.6 Å². The first-order chi connectivity index (χ1) is 12.1. The van der Waals surface area contributed by atoms with Crippen molar-refractivity contribution in [3.05, 3.63) is 0 Å². The molecule has 3 atom stereocenters. The van der Waals surface area contributed by atoms with E-state index in [0.717, 1.165) is 0 Å². The summed E-state index contributed by atoms with van der Waals surface area (Å²) in [6.07, 6.45) is 0.747. The van der Waals surface area contributed by atoms with Crippen molar-refractivity contribution < 1.29 is 29.1 Å². The van der Waals surface area contributed by atoms with E-state index in [1.54, 1.807) is 0 Å². The minimum absolute atomic E-state index is 0.0463. The van der Waals surface area contributed by atoms with E-state index in [0.29, 0.717) is 19.4 Å². The van der Waals surface area contributed by atoms with Gasteiger partial charge in [0.15, 0.2) is 0 Å². The van der Waals surface area contributed by atoms with Crippen LogP contribution in [-0.2, 0) is 24.0 Å². The summed E-state index contributed by atoms with van der Waals surface area (Å²) in [5.41, 5.74) is 10.5. The summed E-state index contributed by atoms with van der Waals surface area (Å²) in [6.45, 7) is 1.32. The van der Waals surface area contributed by atoms with Crippen LogP contribution in [0.25, 0.3) is 0 Å². The van der Waals surface area contributed by atoms with Gasteiger partial charge in [-0.05, 0) is 26.2 Å². The number of carbonyl (C=O) groups excluding carboxylic acids is 4. The van der Waals surface area contributed by atoms with Crippen molar-refractivity contribution in [3.63, 3.8) is 0 Å². The molecule has 7 N–H and O–H groups in total. The predicted molar refractivity (Wildman–Crippen MR) is 89.4 cm³/mol. The molecule has 0 bridgehead atoms. The highest BCUT2D eigenvalue weighted by molar-refractivity contribution is 5.93. The maximum atomic E-state index is 12.2. The fourth-order valence-corrected chi connectivity index (χ4v) is 2.57. The normalized spacial score (nSPS) is 18.7. The molecule has 0 radical (unpaired) electrons. The van der Waals surface area contributed by atoms with Crippen LogP contribution in [0.5, 0.6) is 0 Å². The van der Waals surface area contributed by atoms with E-state index >= 15 is 0 Å². The summed E-state index contributed by atoms with van der Waals surface area (Å²) in [5, 5.41) is 13.8. The van der Waals surface area contributed by atoms with Crippen LogP contribution < -0.4 is 22.1 Å². The Morgan fingerprint density at radius 2 is 1.88 bits per heavy atom. The highest BCUT2D eigenvalue weighted by Crippen LogP contribution is 2.17. The predicted octanol–water partition coefficient (Wildman–Crippen LogP) is -2.72. The molecule has 1 aliphatic rings. The maximum absolute atomic E-state index is 12.2. The van der Waals surface area contributed by atoms with E-state index in [2.05, 4.69) is 10.6 Å². The van der Waals surface area contributed by atoms with Gasteiger partial charge in [0.25, 0.3) is 0 Å². The van der Waals surface area contributed by atoms with Crippen LogP contribution in [-0.4, -0.2) is 70.8 Å². The van der Waals surface area contributed by atoms with Crippen molar-refractivity contribution in [2.75, 3.05) is 13.1 Å². The lowest BCUT2D eigenvalue weighted by atomic mass is 10.1. The number of nitrogens with zero attached hydrogens (tertiary/aromatic N) is 1. The molecule has 0 aromatic carbocycles. The van der Waals surface area contributed by atoms with Crippen molar-refractivity contribution in [2.45, 2.75) is 50.7 Å². The number of rotatable bonds is 9. The monoisotopic (exact) mass is 371 g/mol. The quantitative estimate of drug-likeness (QED) is 0.291. The Morgan fingerprint density at radius 3 is 2.42 bits per heavy atom. The number of likely N-dealkylation sites (tertiary alicyclic amines) is 1. The first kappa shape index (κ1) is 21.4. The van der Waals surface area contributed by atoms with Gasteiger partial charge >= 0.3 is 5.97 Å². The molecule has 0 aliphatic carbocycles. The molecule has 1 saturated heterocycles. The van der Waals surface area contributed by atoms with Crippen LogP contribution in [0.4, 0.5) is 0 Å². The van der Waals surface area contributed by atoms with Gasteiger partial charge in [0.1, 0.15) is 12.1 Å². The molecule has 1 aliphatic heterocycles. The van der Waals surface area contributed by atoms with Crippen molar-refractivity contribution in [3.8, 4) is 0 Å². The lowest BCUT2D eigenvalue weighted by Gasteiger charge is -2.23. The summed E-state index contributed by atoms with van der Waals surface area (Å²) in [7, 11) is 0. The number of hydrogen-bond acceptors (Lipinski definition) is 6. The Hall–Kier alpha value is -2.69. The number of primary amides is 1. The Labute approximate surface area is 150 Å². The third kappa shape index (κ3) is 6.31. The number of carboxylic acids is 1. The van der Waals surface area contributed by atoms with Crippen LogP contribution in [0.2, 0.25) is 0 Å². The van der Waals surface area contributed by atoms with Crippen LogP contribution in [0.1, 0.15) is 32.6 Å². The lowest BCUT2D eigenvalue weighted by Crippen LogP contribution is -2.53. The number of carboxylic acid groups (broad SMARTS) is 1. The van der Waals surface area contributed by atoms with Crippen LogP contribution in [0.15, 0.2) is 0 Å². The largest absolute Gasteiger partial charge is 0.480 e. The number of nitrogens with one attached hydrogen (secondary N) is 2. The van der Waals surface area contributed by atoms with E-state index in [1.807, 2.05) is 0 Å². The summed E-state index contributed by atoms with van der Waals surface area (Å²) < 4.78 is 0. The van der Waals surface area contributed by atoms with Crippen molar-refractivity contribution in [2.24, 2.45) is 11.5 Å². The lowest BCUT2D eigenvalue weighted by molar-refractivity contribution is -0.148. The number of amides is 4. The Balaban J connectivity index is 2.64. The maximum Gasteiger partial charge on any atom is 0.326 e. The zero-order chi connectivity index (χ0) is 19.9. The highest BCUT2D eigenvalue weighted by Gasteiger charge is 2.34. The van der Waals surface area contributed by atoms with Gasteiger partial charge < -0.3 is 32.1 Å². The highest BCUT2D eigenvalue weighted by atomic mass is 16.4. The van der Waals surface area contributed by atoms with Gasteiger partial charge in [-0.1, -0.05) is 0 Å². The molecule has 0 saturated carbocycles. The van der Waals surface area contributed by atoms with Crippen molar-refractivity contribution >= 4 is 29.6 Å². The average Bonchev–Trinajstić information content (AvgIpc) is 3.05. The zero-order valence-electron chi connectivity index (χ0n) is 14.6. The molecule has 3 unspecified atom stereocenters. The van der Waals surface area contributed by atoms with E-state index in [1.165, 1.54) is 11.8 Å². The SMILES string of the molecule is CC(N)C(=O)NC(CCC(N)=O)C(=O)NCC(=O)N1CCCC1C(=O)O. The minimum atomic E-state index is -1.09. The molecule has 11 heteroatoms. The smallest absolute Gasteiger partial charge is 0.326 e. The van der Waals surface area contributed by atoms with Gasteiger partial charge in [-0.15, -0.1) is 0 Å². The molecule has 11 nitrogen and oxygen atoms in total. The molecular formula is C15H25N5O6. The Kier molecular flexibility index (Phi) is 7.97. The second-order valence-electron chi connectivity index (χ2n) is 6.16. The van der Waals surface area contributed by atoms with Crippen molar-refractivity contribution in [1.29, 1.82) is 0 Å². The topological polar surface area (TPSA) is 185 Å². The Bertz CT molecular complexity index is 579. The van der Waals surface area contributed by atoms with E-state index < -0.39 is 54.3 Å². The molecule has 1 rings (SSSR count). The van der Waals surface area contributed by atoms with Crippen LogP contribution in [0, 0.1) is 0 Å². The standard InChI is InChI=1S/C15H25N5O6/c1-8(16)13(23)19-9(4-5-11(17)21)14(24)18-7-12(22)20-6-2-3-10(20)15(25)26/h8-10H,2-7,16H2,1H3,(H2,17,21)(H,18,24)(H,19,23)(H,25,26). The summed E-state index contributed by atoms with van der Waals surface area (Å²) >= 11 is 0. The molecule has 1 fully saturated rings. The van der Waals surface area contributed by atoms with E-state index in [9.17, 15) is 24.0 Å². The number of nitrogens with two attached hydrogens (primary N) is 2. The van der Waals surface area contributed by atoms with E-state index in [4.69, 9.17) is 16.6 Å². The molecule has 0 aromatic rings. The molecule has 0 spiro atoms. The number of carbonyl (C=O) groups is 5. The fourth-order valence-electron chi connectivity index (χ4n) is 2.57. The molecule has 146 valence electrons. The molecular weight excluding hydrogens is 346 g/mol. The average molecular weight is 371 g/mol. The molecule has 26 heavy (non-hydrogen) atoms. The molecule has 0 aromatic heterocycles. The van der Waals surface area contributed by atoms with E-state index in [-0.39, 0.29) is 12.8 Å². The second kappa shape index (κ2) is 9.70. The molecule has 4 amide bonds. The number of hydrogen-bond donors (Lipinski definition) is 5. The Morgan fingerprint density at radius 1 is 1.23 bits per heavy atom. The van der Waals surface area contributed by atoms with Gasteiger partial charge in [0, 0.05) is 13.0 Å². The van der Waals surface area contributed by atoms with Crippen LogP contribution in [0.3, 0.4) is 0 Å². The summed E-state index contributed by atoms with van der Waals surface area (Å²) in [5.74, 6) is -3.54. The second-order valence-corrected chi connectivity index (χ2v) is 6.16.